The van der Waals surface area contributed by atoms with Crippen molar-refractivity contribution in [3.05, 3.63) is 36.0 Å². The Morgan fingerprint density at radius 1 is 1.16 bits per heavy atom. The summed E-state index contributed by atoms with van der Waals surface area (Å²) in [6.07, 6.45) is 0. The van der Waals surface area contributed by atoms with E-state index in [1.165, 1.54) is 0 Å². The summed E-state index contributed by atoms with van der Waals surface area (Å²) in [5.41, 5.74) is 0.836. The third-order valence-corrected chi connectivity index (χ3v) is 2.42. The Labute approximate surface area is 112 Å². The van der Waals surface area contributed by atoms with Crippen molar-refractivity contribution in [2.75, 3.05) is 19.0 Å². The van der Waals surface area contributed by atoms with E-state index in [0.717, 1.165) is 5.69 Å². The first-order valence-corrected chi connectivity index (χ1v) is 6.16. The fourth-order valence-electron chi connectivity index (χ4n) is 1.63. The maximum absolute atomic E-state index is 5.77. The number of rotatable bonds is 5. The maximum Gasteiger partial charge on any atom is 0.225 e. The number of nitrogens with one attached hydrogen (secondary N) is 1. The quantitative estimate of drug-likeness (QED) is 0.894. The van der Waals surface area contributed by atoms with Crippen molar-refractivity contribution < 1.29 is 9.47 Å². The van der Waals surface area contributed by atoms with E-state index in [1.807, 2.05) is 38.1 Å². The van der Waals surface area contributed by atoms with Gasteiger partial charge < -0.3 is 14.8 Å². The fraction of sp³-hybridized carbons (Fsp3) is 0.286. The number of nitrogens with zero attached hydrogens (tertiary/aromatic N) is 2. The zero-order chi connectivity index (χ0) is 13.7. The Hall–Kier alpha value is -2.30. The van der Waals surface area contributed by atoms with Crippen LogP contribution in [0.1, 0.15) is 12.6 Å². The Kier molecular flexibility index (Phi) is 4.18. The number of para-hydroxylation sites is 2. The average molecular weight is 259 g/mol. The molecule has 19 heavy (non-hydrogen) atoms. The minimum atomic E-state index is 0.490. The molecule has 2 aromatic rings. The van der Waals surface area contributed by atoms with Gasteiger partial charge in [-0.3, -0.25) is 0 Å². The lowest BCUT2D eigenvalue weighted by Gasteiger charge is -2.11. The Balaban J connectivity index is 2.28. The molecule has 0 aliphatic rings. The van der Waals surface area contributed by atoms with Crippen molar-refractivity contribution >= 4 is 5.95 Å². The van der Waals surface area contributed by atoms with Crippen LogP contribution in [0.2, 0.25) is 0 Å². The number of ether oxygens (including phenoxy) is 2. The fourth-order valence-corrected chi connectivity index (χ4v) is 1.63. The first-order valence-electron chi connectivity index (χ1n) is 6.16. The Bertz CT molecular complexity index is 558. The lowest BCUT2D eigenvalue weighted by atomic mass is 10.3. The summed E-state index contributed by atoms with van der Waals surface area (Å²) in [6.45, 7) is 4.42. The number of aromatic nitrogens is 2. The predicted octanol–water partition coefficient (Wildman–Crippen LogP) is 3.02. The lowest BCUT2D eigenvalue weighted by molar-refractivity contribution is 0.319. The van der Waals surface area contributed by atoms with Gasteiger partial charge in [0.15, 0.2) is 11.5 Å². The van der Waals surface area contributed by atoms with Crippen LogP contribution in [-0.2, 0) is 0 Å². The van der Waals surface area contributed by atoms with Crippen LogP contribution < -0.4 is 14.8 Å². The molecule has 1 N–H and O–H groups in total. The molecular weight excluding hydrogens is 242 g/mol. The van der Waals surface area contributed by atoms with Gasteiger partial charge in [-0.25, -0.2) is 4.98 Å². The number of hydrogen-bond acceptors (Lipinski definition) is 5. The molecule has 5 nitrogen and oxygen atoms in total. The number of aryl methyl sites for hydroxylation is 1. The van der Waals surface area contributed by atoms with E-state index in [9.17, 15) is 0 Å². The van der Waals surface area contributed by atoms with Crippen molar-refractivity contribution in [3.8, 4) is 17.4 Å². The summed E-state index contributed by atoms with van der Waals surface area (Å²) in [4.78, 5) is 8.47. The molecule has 0 amide bonds. The molecular formula is C14H17N3O2. The highest BCUT2D eigenvalue weighted by atomic mass is 16.5. The second kappa shape index (κ2) is 6.04. The molecule has 0 saturated carbocycles. The van der Waals surface area contributed by atoms with Gasteiger partial charge in [0, 0.05) is 18.8 Å². The highest BCUT2D eigenvalue weighted by Gasteiger charge is 2.07. The van der Waals surface area contributed by atoms with Gasteiger partial charge in [0.25, 0.3) is 0 Å². The summed E-state index contributed by atoms with van der Waals surface area (Å²) in [6, 6.07) is 9.30. The molecule has 0 aliphatic heterocycles. The molecule has 0 radical (unpaired) electrons. The van der Waals surface area contributed by atoms with E-state index in [4.69, 9.17) is 9.47 Å². The third-order valence-electron chi connectivity index (χ3n) is 2.42. The highest BCUT2D eigenvalue weighted by molar-refractivity contribution is 5.42. The molecule has 5 heteroatoms. The van der Waals surface area contributed by atoms with Gasteiger partial charge in [0.1, 0.15) is 0 Å². The second-order valence-electron chi connectivity index (χ2n) is 3.90. The summed E-state index contributed by atoms with van der Waals surface area (Å²) in [5.74, 6) is 2.37. The minimum Gasteiger partial charge on any atom is -0.490 e. The number of anilines is 1. The van der Waals surface area contributed by atoms with E-state index in [0.29, 0.717) is 29.9 Å². The second-order valence-corrected chi connectivity index (χ2v) is 3.90. The van der Waals surface area contributed by atoms with E-state index in [-0.39, 0.29) is 0 Å². The van der Waals surface area contributed by atoms with Gasteiger partial charge in [-0.2, -0.15) is 4.98 Å². The average Bonchev–Trinajstić information content (AvgIpc) is 2.40. The lowest BCUT2D eigenvalue weighted by Crippen LogP contribution is -2.00. The van der Waals surface area contributed by atoms with Gasteiger partial charge in [-0.15, -0.1) is 0 Å². The third kappa shape index (κ3) is 3.34. The predicted molar refractivity (Wildman–Crippen MR) is 74.0 cm³/mol. The SMILES string of the molecule is CCOc1ccccc1Oc1cc(C)nc(NC)n1. The maximum atomic E-state index is 5.77. The van der Waals surface area contributed by atoms with Crippen LogP contribution in [0, 0.1) is 6.92 Å². The molecule has 1 aromatic carbocycles. The molecule has 1 heterocycles. The summed E-state index contributed by atoms with van der Waals surface area (Å²) < 4.78 is 11.3. The molecule has 0 saturated heterocycles. The Morgan fingerprint density at radius 2 is 1.89 bits per heavy atom. The Morgan fingerprint density at radius 3 is 2.58 bits per heavy atom. The standard InChI is InChI=1S/C14H17N3O2/c1-4-18-11-7-5-6-8-12(11)19-13-9-10(2)16-14(15-3)17-13/h5-9H,4H2,1-3H3,(H,15,16,17). The summed E-state index contributed by atoms with van der Waals surface area (Å²) >= 11 is 0. The molecule has 2 rings (SSSR count). The van der Waals surface area contributed by atoms with Crippen LogP contribution in [0.25, 0.3) is 0 Å². The smallest absolute Gasteiger partial charge is 0.225 e. The van der Waals surface area contributed by atoms with Crippen molar-refractivity contribution in [1.29, 1.82) is 0 Å². The van der Waals surface area contributed by atoms with Crippen molar-refractivity contribution in [3.63, 3.8) is 0 Å². The van der Waals surface area contributed by atoms with Crippen LogP contribution in [-0.4, -0.2) is 23.6 Å². The van der Waals surface area contributed by atoms with Gasteiger partial charge in [-0.05, 0) is 26.0 Å². The van der Waals surface area contributed by atoms with E-state index >= 15 is 0 Å². The molecule has 0 fully saturated rings. The van der Waals surface area contributed by atoms with Crippen LogP contribution in [0.4, 0.5) is 5.95 Å². The van der Waals surface area contributed by atoms with Gasteiger partial charge >= 0.3 is 0 Å². The van der Waals surface area contributed by atoms with Crippen LogP contribution in [0.3, 0.4) is 0 Å². The zero-order valence-electron chi connectivity index (χ0n) is 11.3. The monoisotopic (exact) mass is 259 g/mol. The van der Waals surface area contributed by atoms with Gasteiger partial charge in [-0.1, -0.05) is 12.1 Å². The van der Waals surface area contributed by atoms with Crippen LogP contribution in [0.5, 0.6) is 17.4 Å². The molecule has 0 spiro atoms. The largest absolute Gasteiger partial charge is 0.490 e. The first-order chi connectivity index (χ1) is 9.22. The molecule has 0 atom stereocenters. The van der Waals surface area contributed by atoms with Crippen molar-refractivity contribution in [2.45, 2.75) is 13.8 Å². The van der Waals surface area contributed by atoms with Crippen molar-refractivity contribution in [2.24, 2.45) is 0 Å². The molecule has 0 unspecified atom stereocenters. The van der Waals surface area contributed by atoms with E-state index < -0.39 is 0 Å². The van der Waals surface area contributed by atoms with E-state index in [1.54, 1.807) is 13.1 Å². The number of hydrogen-bond donors (Lipinski definition) is 1. The van der Waals surface area contributed by atoms with Gasteiger partial charge in [0.2, 0.25) is 11.8 Å². The van der Waals surface area contributed by atoms with E-state index in [2.05, 4.69) is 15.3 Å². The van der Waals surface area contributed by atoms with Crippen LogP contribution in [0.15, 0.2) is 30.3 Å². The summed E-state index contributed by atoms with van der Waals surface area (Å²) in [7, 11) is 1.77. The normalized spacial score (nSPS) is 10.1. The molecule has 100 valence electrons. The van der Waals surface area contributed by atoms with Gasteiger partial charge in [0.05, 0.1) is 6.61 Å². The molecule has 1 aromatic heterocycles. The summed E-state index contributed by atoms with van der Waals surface area (Å²) in [5, 5.41) is 2.90. The highest BCUT2D eigenvalue weighted by Crippen LogP contribution is 2.30. The minimum absolute atomic E-state index is 0.490. The zero-order valence-corrected chi connectivity index (χ0v) is 11.3. The number of benzene rings is 1. The molecule has 0 bridgehead atoms. The first kappa shape index (κ1) is 13.1. The molecule has 0 aliphatic carbocycles. The van der Waals surface area contributed by atoms with Crippen molar-refractivity contribution in [1.82, 2.24) is 9.97 Å². The van der Waals surface area contributed by atoms with Crippen LogP contribution >= 0.6 is 0 Å². The topological polar surface area (TPSA) is 56.3 Å².